The summed E-state index contributed by atoms with van der Waals surface area (Å²) in [5.74, 6) is -1.99. The smallest absolute Gasteiger partial charge is 0.296 e. The van der Waals surface area contributed by atoms with Gasteiger partial charge < -0.3 is 14.6 Å². The molecule has 2 aromatic heterocycles. The second-order valence-electron chi connectivity index (χ2n) is 7.50. The van der Waals surface area contributed by atoms with Gasteiger partial charge in [-0.2, -0.15) is 0 Å². The quantitative estimate of drug-likeness (QED) is 0.202. The second-order valence-corrected chi connectivity index (χ2v) is 9.68. The zero-order chi connectivity index (χ0) is 24.5. The molecule has 1 aliphatic rings. The molecule has 11 heteroatoms. The van der Waals surface area contributed by atoms with Crippen LogP contribution in [0.2, 0.25) is 0 Å². The second kappa shape index (κ2) is 9.35. The maximum Gasteiger partial charge on any atom is 0.296 e. The summed E-state index contributed by atoms with van der Waals surface area (Å²) in [5, 5.41) is 28.9. The number of aromatic nitrogens is 2. The summed E-state index contributed by atoms with van der Waals surface area (Å²) in [6.07, 6.45) is 1.32. The number of benzene rings is 2. The van der Waals surface area contributed by atoms with E-state index in [-0.39, 0.29) is 28.0 Å². The summed E-state index contributed by atoms with van der Waals surface area (Å²) in [4.78, 5) is 27.5. The van der Waals surface area contributed by atoms with Crippen molar-refractivity contribution < 1.29 is 28.6 Å². The van der Waals surface area contributed by atoms with Gasteiger partial charge in [-0.05, 0) is 47.5 Å². The van der Waals surface area contributed by atoms with Crippen LogP contribution in [-0.4, -0.2) is 32.1 Å². The number of phenols is 1. The summed E-state index contributed by atoms with van der Waals surface area (Å²) in [5.41, 5.74) is 1.20. The van der Waals surface area contributed by atoms with Crippen molar-refractivity contribution in [3.05, 3.63) is 101 Å². The highest BCUT2D eigenvalue weighted by atomic mass is 32.2. The molecule has 0 bridgehead atoms. The van der Waals surface area contributed by atoms with Crippen molar-refractivity contribution in [2.75, 3.05) is 4.90 Å². The largest absolute Gasteiger partial charge is 0.508 e. The van der Waals surface area contributed by atoms with E-state index in [0.29, 0.717) is 15.7 Å². The maximum absolute atomic E-state index is 13.2. The molecule has 0 saturated heterocycles. The molecule has 2 aromatic carbocycles. The highest BCUT2D eigenvalue weighted by Crippen LogP contribution is 2.44. The molecule has 2 N–H and O–H groups in total. The van der Waals surface area contributed by atoms with Crippen molar-refractivity contribution in [2.24, 2.45) is 0 Å². The maximum atomic E-state index is 13.2. The number of halogens is 1. The lowest BCUT2D eigenvalue weighted by Crippen LogP contribution is -2.31. The minimum atomic E-state index is -1.01. The van der Waals surface area contributed by atoms with E-state index in [1.54, 1.807) is 24.3 Å². The summed E-state index contributed by atoms with van der Waals surface area (Å²) < 4.78 is 18.9. The molecular weight excluding hydrogens is 493 g/mol. The van der Waals surface area contributed by atoms with E-state index in [0.717, 1.165) is 16.9 Å². The molecule has 0 saturated carbocycles. The summed E-state index contributed by atoms with van der Waals surface area (Å²) in [6.45, 7) is 0. The monoisotopic (exact) mass is 509 g/mol. The molecule has 1 atom stereocenters. The van der Waals surface area contributed by atoms with E-state index in [2.05, 4.69) is 10.2 Å². The summed E-state index contributed by atoms with van der Waals surface area (Å²) in [7, 11) is 0. The van der Waals surface area contributed by atoms with Gasteiger partial charge in [-0.15, -0.1) is 10.2 Å². The molecule has 0 spiro atoms. The van der Waals surface area contributed by atoms with Crippen LogP contribution in [0.1, 0.15) is 27.7 Å². The number of nitrogens with zero attached hydrogens (tertiary/aromatic N) is 3. The van der Waals surface area contributed by atoms with Crippen LogP contribution in [0.4, 0.5) is 9.52 Å². The number of anilines is 1. The number of furan rings is 1. The molecule has 0 aliphatic carbocycles. The van der Waals surface area contributed by atoms with Crippen molar-refractivity contribution in [1.29, 1.82) is 0 Å². The number of carbonyl (C=O) groups is 2. The zero-order valence-corrected chi connectivity index (χ0v) is 19.4. The average Bonchev–Trinajstić information content (AvgIpc) is 3.60. The SMILES string of the molecule is O=C(C1=C(O)C(=O)N(c2nnc(SCc3ccc(F)cc3)s2)[C@H]1c1ccc(O)cc1)c1ccco1. The Bertz CT molecular complexity index is 1420. The number of carbonyl (C=O) groups excluding carboxylic acids is 2. The molecule has 8 nitrogen and oxygen atoms in total. The molecule has 3 heterocycles. The van der Waals surface area contributed by atoms with Crippen molar-refractivity contribution >= 4 is 39.9 Å². The number of aromatic hydroxyl groups is 1. The van der Waals surface area contributed by atoms with Crippen molar-refractivity contribution in [3.63, 3.8) is 0 Å². The first-order valence-electron chi connectivity index (χ1n) is 10.3. The average molecular weight is 510 g/mol. The van der Waals surface area contributed by atoms with Crippen molar-refractivity contribution in [1.82, 2.24) is 10.2 Å². The molecule has 1 amide bonds. The van der Waals surface area contributed by atoms with E-state index in [1.807, 2.05) is 0 Å². The van der Waals surface area contributed by atoms with Gasteiger partial charge in [0.2, 0.25) is 10.9 Å². The molecule has 5 rings (SSSR count). The summed E-state index contributed by atoms with van der Waals surface area (Å²) in [6, 6.07) is 14.0. The first kappa shape index (κ1) is 22.8. The van der Waals surface area contributed by atoms with Gasteiger partial charge in [-0.3, -0.25) is 14.5 Å². The highest BCUT2D eigenvalue weighted by molar-refractivity contribution is 8.00. The Hall–Kier alpha value is -3.96. The van der Waals surface area contributed by atoms with E-state index >= 15 is 0 Å². The van der Waals surface area contributed by atoms with Gasteiger partial charge >= 0.3 is 0 Å². The van der Waals surface area contributed by atoms with Crippen LogP contribution >= 0.6 is 23.1 Å². The Morgan fingerprint density at radius 2 is 1.83 bits per heavy atom. The topological polar surface area (TPSA) is 117 Å². The van der Waals surface area contributed by atoms with Crippen LogP contribution in [0.5, 0.6) is 5.75 Å². The van der Waals surface area contributed by atoms with Gasteiger partial charge in [0.05, 0.1) is 17.9 Å². The molecular formula is C24H16FN3O5S2. The zero-order valence-electron chi connectivity index (χ0n) is 17.8. The first-order chi connectivity index (χ1) is 16.9. The number of hydrogen-bond acceptors (Lipinski definition) is 9. The third-order valence-corrected chi connectivity index (χ3v) is 7.41. The fourth-order valence-corrected chi connectivity index (χ4v) is 5.45. The number of phenolic OH excluding ortho intramolecular Hbond substituents is 1. The minimum absolute atomic E-state index is 0.00660. The Morgan fingerprint density at radius 3 is 2.51 bits per heavy atom. The van der Waals surface area contributed by atoms with Crippen LogP contribution in [0.3, 0.4) is 0 Å². The lowest BCUT2D eigenvalue weighted by molar-refractivity contribution is -0.117. The van der Waals surface area contributed by atoms with Crippen molar-refractivity contribution in [3.8, 4) is 5.75 Å². The molecule has 4 aromatic rings. The Balaban J connectivity index is 1.48. The summed E-state index contributed by atoms with van der Waals surface area (Å²) >= 11 is 2.48. The van der Waals surface area contributed by atoms with Gasteiger partial charge in [0.1, 0.15) is 11.6 Å². The third kappa shape index (κ3) is 4.43. The number of aliphatic hydroxyl groups excluding tert-OH is 1. The van der Waals surface area contributed by atoms with E-state index in [4.69, 9.17) is 4.42 Å². The van der Waals surface area contributed by atoms with Crippen LogP contribution in [0, 0.1) is 5.82 Å². The minimum Gasteiger partial charge on any atom is -0.508 e. The Kier molecular flexibility index (Phi) is 6.10. The van der Waals surface area contributed by atoms with Crippen LogP contribution < -0.4 is 4.90 Å². The van der Waals surface area contributed by atoms with Crippen LogP contribution in [-0.2, 0) is 10.5 Å². The molecule has 0 fully saturated rings. The molecule has 1 aliphatic heterocycles. The predicted molar refractivity (Wildman–Crippen MR) is 127 cm³/mol. The number of ketones is 1. The lowest BCUT2D eigenvalue weighted by atomic mass is 9.95. The first-order valence-corrected chi connectivity index (χ1v) is 12.1. The van der Waals surface area contributed by atoms with Gasteiger partial charge in [-0.25, -0.2) is 4.39 Å². The fourth-order valence-electron chi connectivity index (χ4n) is 3.63. The van der Waals surface area contributed by atoms with Gasteiger partial charge in [0, 0.05) is 5.75 Å². The number of amides is 1. The van der Waals surface area contributed by atoms with Crippen molar-refractivity contribution in [2.45, 2.75) is 16.1 Å². The van der Waals surface area contributed by atoms with Gasteiger partial charge in [-0.1, -0.05) is 47.4 Å². The number of Topliss-reactive ketones (excluding diaryl/α,β-unsaturated/α-hetero) is 1. The molecule has 176 valence electrons. The highest BCUT2D eigenvalue weighted by Gasteiger charge is 2.46. The lowest BCUT2D eigenvalue weighted by Gasteiger charge is -2.23. The number of aliphatic hydroxyl groups is 1. The number of hydrogen-bond donors (Lipinski definition) is 2. The Morgan fingerprint density at radius 1 is 1.09 bits per heavy atom. The van der Waals surface area contributed by atoms with E-state index < -0.39 is 23.5 Å². The normalized spacial score (nSPS) is 15.7. The standard InChI is InChI=1S/C24H16FN3O5S2/c25-15-7-3-13(4-8-15)12-34-24-27-26-23(35-24)28-19(14-5-9-16(29)10-6-14)18(21(31)22(28)32)20(30)17-2-1-11-33-17/h1-11,19,29,31H,12H2/t19-/m0/s1. The fraction of sp³-hybridized carbons (Fsp3) is 0.0833. The molecule has 0 unspecified atom stereocenters. The van der Waals surface area contributed by atoms with Gasteiger partial charge in [0.15, 0.2) is 15.9 Å². The van der Waals surface area contributed by atoms with E-state index in [9.17, 15) is 24.2 Å². The molecule has 0 radical (unpaired) electrons. The predicted octanol–water partition coefficient (Wildman–Crippen LogP) is 5.05. The van der Waals surface area contributed by atoms with E-state index in [1.165, 1.54) is 59.3 Å². The third-order valence-electron chi connectivity index (χ3n) is 5.28. The van der Waals surface area contributed by atoms with Crippen LogP contribution in [0.25, 0.3) is 0 Å². The van der Waals surface area contributed by atoms with Crippen LogP contribution in [0.15, 0.2) is 87.0 Å². The Labute approximate surface area is 206 Å². The van der Waals surface area contributed by atoms with Gasteiger partial charge in [0.25, 0.3) is 5.91 Å². The molecule has 35 heavy (non-hydrogen) atoms. The number of rotatable bonds is 7. The number of thioether (sulfide) groups is 1.